The lowest BCUT2D eigenvalue weighted by molar-refractivity contribution is -0.385. The van der Waals surface area contributed by atoms with E-state index in [2.05, 4.69) is 20.8 Å². The Morgan fingerprint density at radius 2 is 1.14 bits per heavy atom. The molecule has 1 saturated heterocycles. The second-order valence-electron chi connectivity index (χ2n) is 3.68. The van der Waals surface area contributed by atoms with Gasteiger partial charge in [0, 0.05) is 0 Å². The zero-order valence-electron chi connectivity index (χ0n) is 9.49. The molecule has 3 nitrogen and oxygen atoms in total. The Kier molecular flexibility index (Phi) is 5.45. The van der Waals surface area contributed by atoms with E-state index in [4.69, 9.17) is 14.2 Å². The molecular formula is C11H22O3. The zero-order valence-corrected chi connectivity index (χ0v) is 9.49. The van der Waals surface area contributed by atoms with Gasteiger partial charge < -0.3 is 14.2 Å². The second-order valence-corrected chi connectivity index (χ2v) is 3.68. The van der Waals surface area contributed by atoms with E-state index in [1.165, 1.54) is 0 Å². The van der Waals surface area contributed by atoms with Crippen LogP contribution in [0.3, 0.4) is 0 Å². The third-order valence-electron chi connectivity index (χ3n) is 2.29. The third kappa shape index (κ3) is 3.56. The molecule has 0 aromatic rings. The van der Waals surface area contributed by atoms with Crippen LogP contribution in [0.15, 0.2) is 0 Å². The molecule has 14 heavy (non-hydrogen) atoms. The van der Waals surface area contributed by atoms with E-state index in [9.17, 15) is 0 Å². The first-order valence-corrected chi connectivity index (χ1v) is 5.76. The molecule has 2 unspecified atom stereocenters. The maximum absolute atomic E-state index is 5.65. The lowest BCUT2D eigenvalue weighted by Crippen LogP contribution is -2.40. The first-order chi connectivity index (χ1) is 6.80. The minimum atomic E-state index is -0.0724. The van der Waals surface area contributed by atoms with Gasteiger partial charge in [-0.15, -0.1) is 0 Å². The van der Waals surface area contributed by atoms with Crippen LogP contribution in [0.5, 0.6) is 0 Å². The summed E-state index contributed by atoms with van der Waals surface area (Å²) in [6, 6.07) is 0. The Labute approximate surface area is 86.7 Å². The largest absolute Gasteiger partial charge is 0.324 e. The minimum Gasteiger partial charge on any atom is -0.324 e. The highest BCUT2D eigenvalue weighted by atomic mass is 16.9. The van der Waals surface area contributed by atoms with Crippen LogP contribution in [0, 0.1) is 0 Å². The summed E-state index contributed by atoms with van der Waals surface area (Å²) in [6.07, 6.45) is 4.78. The highest BCUT2D eigenvalue weighted by Crippen LogP contribution is 2.23. The van der Waals surface area contributed by atoms with Crippen molar-refractivity contribution in [1.82, 2.24) is 0 Å². The molecule has 0 amide bonds. The van der Waals surface area contributed by atoms with Gasteiger partial charge in [0.1, 0.15) is 0 Å². The van der Waals surface area contributed by atoms with Crippen LogP contribution in [0.2, 0.25) is 0 Å². The number of rotatable bonds is 5. The van der Waals surface area contributed by atoms with Gasteiger partial charge in [0.15, 0.2) is 18.9 Å². The normalized spacial score (nSPS) is 33.2. The van der Waals surface area contributed by atoms with Crippen molar-refractivity contribution in [2.75, 3.05) is 0 Å². The summed E-state index contributed by atoms with van der Waals surface area (Å²) in [5.41, 5.74) is 0. The van der Waals surface area contributed by atoms with E-state index in [-0.39, 0.29) is 18.9 Å². The maximum atomic E-state index is 5.65. The van der Waals surface area contributed by atoms with Gasteiger partial charge in [0.2, 0.25) is 0 Å². The van der Waals surface area contributed by atoms with Crippen LogP contribution < -0.4 is 0 Å². The average molecular weight is 202 g/mol. The molecule has 0 aliphatic carbocycles. The summed E-state index contributed by atoms with van der Waals surface area (Å²) < 4.78 is 16.9. The van der Waals surface area contributed by atoms with Crippen molar-refractivity contribution in [2.45, 2.75) is 71.7 Å². The van der Waals surface area contributed by atoms with Gasteiger partial charge in [-0.05, 0) is 19.3 Å². The van der Waals surface area contributed by atoms with Gasteiger partial charge in [-0.25, -0.2) is 0 Å². The molecule has 3 heteroatoms. The molecule has 0 radical (unpaired) electrons. The third-order valence-corrected chi connectivity index (χ3v) is 2.29. The molecule has 84 valence electrons. The van der Waals surface area contributed by atoms with E-state index in [0.29, 0.717) is 0 Å². The van der Waals surface area contributed by atoms with Crippen molar-refractivity contribution in [3.05, 3.63) is 0 Å². The highest BCUT2D eigenvalue weighted by molar-refractivity contribution is 4.57. The molecule has 0 spiro atoms. The molecule has 0 bridgehead atoms. The van der Waals surface area contributed by atoms with E-state index < -0.39 is 0 Å². The molecule has 0 aromatic carbocycles. The first-order valence-electron chi connectivity index (χ1n) is 5.76. The van der Waals surface area contributed by atoms with Crippen molar-refractivity contribution >= 4 is 0 Å². The number of hydrogen-bond acceptors (Lipinski definition) is 3. The topological polar surface area (TPSA) is 27.7 Å². The zero-order chi connectivity index (χ0) is 10.4. The molecule has 1 rings (SSSR count). The number of hydrogen-bond donors (Lipinski definition) is 0. The van der Waals surface area contributed by atoms with Crippen LogP contribution in [0.25, 0.3) is 0 Å². The van der Waals surface area contributed by atoms with Crippen LogP contribution in [0.4, 0.5) is 0 Å². The Hall–Kier alpha value is -0.120. The van der Waals surface area contributed by atoms with Crippen molar-refractivity contribution < 1.29 is 14.2 Å². The summed E-state index contributed by atoms with van der Waals surface area (Å²) in [4.78, 5) is 0. The van der Waals surface area contributed by atoms with Crippen LogP contribution in [-0.4, -0.2) is 18.9 Å². The van der Waals surface area contributed by atoms with Crippen molar-refractivity contribution in [3.63, 3.8) is 0 Å². The molecule has 1 aliphatic rings. The molecule has 1 aliphatic heterocycles. The first kappa shape index (κ1) is 12.0. The standard InChI is InChI=1S/C11H22O3/c1-4-7-10-12-9(6-3)13-11(14-10)8-5-2/h9-11H,4-8H2,1-3H3. The van der Waals surface area contributed by atoms with E-state index in [1.807, 2.05) is 0 Å². The molecule has 2 atom stereocenters. The van der Waals surface area contributed by atoms with Crippen LogP contribution >= 0.6 is 0 Å². The Bertz CT molecular complexity index is 135. The lowest BCUT2D eigenvalue weighted by atomic mass is 10.3. The fourth-order valence-corrected chi connectivity index (χ4v) is 1.54. The number of ether oxygens (including phenoxy) is 3. The van der Waals surface area contributed by atoms with Gasteiger partial charge in [0.25, 0.3) is 0 Å². The molecule has 1 heterocycles. The predicted molar refractivity (Wildman–Crippen MR) is 54.7 cm³/mol. The van der Waals surface area contributed by atoms with Gasteiger partial charge in [-0.3, -0.25) is 0 Å². The molecular weight excluding hydrogens is 180 g/mol. The van der Waals surface area contributed by atoms with Gasteiger partial charge in [-0.1, -0.05) is 33.6 Å². The summed E-state index contributed by atoms with van der Waals surface area (Å²) in [5, 5.41) is 0. The molecule has 0 N–H and O–H groups in total. The quantitative estimate of drug-likeness (QED) is 0.685. The fourth-order valence-electron chi connectivity index (χ4n) is 1.54. The average Bonchev–Trinajstić information content (AvgIpc) is 2.18. The lowest BCUT2D eigenvalue weighted by Gasteiger charge is -2.35. The van der Waals surface area contributed by atoms with Gasteiger partial charge in [-0.2, -0.15) is 0 Å². The molecule has 0 aromatic heterocycles. The summed E-state index contributed by atoms with van der Waals surface area (Å²) in [6.45, 7) is 6.35. The van der Waals surface area contributed by atoms with Crippen molar-refractivity contribution in [3.8, 4) is 0 Å². The monoisotopic (exact) mass is 202 g/mol. The Morgan fingerprint density at radius 1 is 0.714 bits per heavy atom. The van der Waals surface area contributed by atoms with Crippen LogP contribution in [-0.2, 0) is 14.2 Å². The summed E-state index contributed by atoms with van der Waals surface area (Å²) >= 11 is 0. The van der Waals surface area contributed by atoms with E-state index in [0.717, 1.165) is 32.1 Å². The minimum absolute atomic E-state index is 0.0600. The Morgan fingerprint density at radius 3 is 1.50 bits per heavy atom. The van der Waals surface area contributed by atoms with Gasteiger partial charge in [0.05, 0.1) is 0 Å². The molecule has 1 fully saturated rings. The smallest absolute Gasteiger partial charge is 0.163 e. The second kappa shape index (κ2) is 6.38. The van der Waals surface area contributed by atoms with Crippen molar-refractivity contribution in [2.24, 2.45) is 0 Å². The Balaban J connectivity index is 2.39. The summed E-state index contributed by atoms with van der Waals surface area (Å²) in [5.74, 6) is 0. The van der Waals surface area contributed by atoms with Gasteiger partial charge >= 0.3 is 0 Å². The van der Waals surface area contributed by atoms with E-state index in [1.54, 1.807) is 0 Å². The predicted octanol–water partition coefficient (Wildman–Crippen LogP) is 3.04. The summed E-state index contributed by atoms with van der Waals surface area (Å²) in [7, 11) is 0. The van der Waals surface area contributed by atoms with Crippen LogP contribution in [0.1, 0.15) is 52.9 Å². The maximum Gasteiger partial charge on any atom is 0.163 e. The molecule has 0 saturated carbocycles. The highest BCUT2D eigenvalue weighted by Gasteiger charge is 2.28. The SMILES string of the molecule is CCCC1OC(CC)OC(CCC)O1. The van der Waals surface area contributed by atoms with E-state index >= 15 is 0 Å². The van der Waals surface area contributed by atoms with Crippen molar-refractivity contribution in [1.29, 1.82) is 0 Å². The fraction of sp³-hybridized carbons (Fsp3) is 1.00.